The van der Waals surface area contributed by atoms with Crippen molar-refractivity contribution in [1.82, 2.24) is 0 Å². The lowest BCUT2D eigenvalue weighted by atomic mass is 9.72. The first-order valence-corrected chi connectivity index (χ1v) is 22.8. The molecule has 0 radical (unpaired) electrons. The summed E-state index contributed by atoms with van der Waals surface area (Å²) in [4.78, 5) is 43.2. The standard InChI is InChI=1S/C55H58O8/c1-34(2)45-24-19-35-17-20-38(21-18-35)46-25-22-40(39-14-10-13-37(30-39)29-36-11-6-5-7-12-36)31-43(46)33-48(56)60-51-49-47(26-23-41-32-42(27-28-59-4)53(57)61-50(41)49)63-55(3,44-15-8-9-16-44)52(51)62-54(45)58/h5-7,10-14,17-18,20-23,25-26,30,32,40,43-44,46,51-52H,8-9,15-16,19,24,27-29,31,33H2,1-4H3/t40-,43+,46-,51+,52+,55+/m1/s1. The van der Waals surface area contributed by atoms with Crippen molar-refractivity contribution in [3.8, 4) is 5.75 Å². The summed E-state index contributed by atoms with van der Waals surface area (Å²) in [7, 11) is 1.59. The number of rotatable bonds is 7. The van der Waals surface area contributed by atoms with Crippen LogP contribution in [0, 0.1) is 11.8 Å². The van der Waals surface area contributed by atoms with Crippen LogP contribution >= 0.6 is 0 Å². The molecular formula is C55H58O8. The number of fused-ring (bicyclic) bond motifs is 11. The highest BCUT2D eigenvalue weighted by Gasteiger charge is 2.57. The molecule has 1 fully saturated rings. The third-order valence-corrected chi connectivity index (χ3v) is 14.2. The monoisotopic (exact) mass is 846 g/mol. The van der Waals surface area contributed by atoms with Crippen LogP contribution in [0.25, 0.3) is 11.0 Å². The summed E-state index contributed by atoms with van der Waals surface area (Å²) in [6, 6.07) is 33.5. The molecule has 63 heavy (non-hydrogen) atoms. The molecule has 0 amide bonds. The molecule has 6 atom stereocenters. The van der Waals surface area contributed by atoms with Gasteiger partial charge in [0.25, 0.3) is 0 Å². The molecule has 10 rings (SSSR count). The van der Waals surface area contributed by atoms with Crippen molar-refractivity contribution in [1.29, 1.82) is 0 Å². The van der Waals surface area contributed by atoms with Gasteiger partial charge in [-0.05, 0) is 111 Å². The number of benzene rings is 4. The van der Waals surface area contributed by atoms with Gasteiger partial charge in [-0.15, -0.1) is 0 Å². The molecule has 0 unspecified atom stereocenters. The fraction of sp³-hybridized carbons (Fsp3) is 0.400. The number of aryl methyl sites for hydroxylation is 1. The number of esters is 2. The molecule has 2 aliphatic carbocycles. The first-order chi connectivity index (χ1) is 30.6. The maximum Gasteiger partial charge on any atom is 0.339 e. The largest absolute Gasteiger partial charge is 0.483 e. The second-order valence-electron chi connectivity index (χ2n) is 18.5. The van der Waals surface area contributed by atoms with Crippen LogP contribution < -0.4 is 10.4 Å². The molecule has 0 saturated heterocycles. The van der Waals surface area contributed by atoms with Gasteiger partial charge in [-0.25, -0.2) is 9.59 Å². The van der Waals surface area contributed by atoms with Gasteiger partial charge in [0.05, 0.1) is 12.2 Å². The molecule has 4 aromatic carbocycles. The van der Waals surface area contributed by atoms with E-state index < -0.39 is 35.4 Å². The SMILES string of the molecule is COCCc1cc2ccc3c(c2oc1=O)[C@@H]1OC(=O)C[C@@H]2C[C@H](c4cccc(Cc5ccccc5)c4)C=C[C@@H]2c2ccc(cc2)CCC(=C(C)C)C(=O)O[C@@H]1[C@](C)(C1CCCC1)O3. The Morgan fingerprint density at radius 3 is 2.35 bits per heavy atom. The average Bonchev–Trinajstić information content (AvgIpc) is 3.84. The van der Waals surface area contributed by atoms with Gasteiger partial charge in [0.2, 0.25) is 0 Å². The van der Waals surface area contributed by atoms with Crippen LogP contribution in [0.4, 0.5) is 0 Å². The van der Waals surface area contributed by atoms with Crippen molar-refractivity contribution < 1.29 is 33.0 Å². The quantitative estimate of drug-likeness (QED) is 0.0691. The van der Waals surface area contributed by atoms with E-state index in [1.54, 1.807) is 7.11 Å². The summed E-state index contributed by atoms with van der Waals surface area (Å²) in [5.41, 5.74) is 7.02. The molecule has 1 saturated carbocycles. The Hall–Kier alpha value is -5.73. The van der Waals surface area contributed by atoms with Gasteiger partial charge in [0.15, 0.2) is 12.2 Å². The number of hydrogen-bond donors (Lipinski definition) is 0. The predicted octanol–water partition coefficient (Wildman–Crippen LogP) is 11.2. The molecule has 5 aliphatic rings. The Morgan fingerprint density at radius 1 is 0.810 bits per heavy atom. The highest BCUT2D eigenvalue weighted by atomic mass is 16.6. The van der Waals surface area contributed by atoms with Crippen LogP contribution in [-0.2, 0) is 43.1 Å². The van der Waals surface area contributed by atoms with Crippen molar-refractivity contribution in [2.45, 2.75) is 115 Å². The summed E-state index contributed by atoms with van der Waals surface area (Å²) in [6.07, 6.45) is 9.46. The Bertz CT molecular complexity index is 2590. The normalized spacial score (nSPS) is 25.1. The van der Waals surface area contributed by atoms with E-state index in [0.717, 1.165) is 55.2 Å². The second kappa shape index (κ2) is 18.2. The number of hydrogen-bond acceptors (Lipinski definition) is 8. The Morgan fingerprint density at radius 2 is 1.59 bits per heavy atom. The Labute approximate surface area is 370 Å². The third-order valence-electron chi connectivity index (χ3n) is 14.2. The van der Waals surface area contributed by atoms with Gasteiger partial charge < -0.3 is 23.4 Å². The van der Waals surface area contributed by atoms with Crippen molar-refractivity contribution in [3.63, 3.8) is 0 Å². The van der Waals surface area contributed by atoms with E-state index in [1.807, 2.05) is 45.0 Å². The zero-order valence-electron chi connectivity index (χ0n) is 36.9. The fourth-order valence-corrected chi connectivity index (χ4v) is 10.7. The first-order valence-electron chi connectivity index (χ1n) is 22.8. The fourth-order valence-electron chi connectivity index (χ4n) is 10.7. The topological polar surface area (TPSA) is 101 Å². The molecule has 0 N–H and O–H groups in total. The van der Waals surface area contributed by atoms with E-state index in [1.165, 1.54) is 16.7 Å². The lowest BCUT2D eigenvalue weighted by molar-refractivity contribution is -0.199. The number of carbonyl (C=O) groups excluding carboxylic acids is 2. The van der Waals surface area contributed by atoms with Crippen LogP contribution in [0.1, 0.15) is 123 Å². The van der Waals surface area contributed by atoms with Crippen LogP contribution in [-0.4, -0.2) is 37.4 Å². The molecule has 8 heteroatoms. The zero-order chi connectivity index (χ0) is 43.7. The zero-order valence-corrected chi connectivity index (χ0v) is 36.9. The maximum absolute atomic E-state index is 15.0. The van der Waals surface area contributed by atoms with Gasteiger partial charge in [-0.1, -0.05) is 109 Å². The molecule has 5 aromatic rings. The van der Waals surface area contributed by atoms with E-state index in [0.29, 0.717) is 53.7 Å². The molecule has 3 aliphatic heterocycles. The summed E-state index contributed by atoms with van der Waals surface area (Å²) in [5.74, 6) is -0.423. The van der Waals surface area contributed by atoms with E-state index in [2.05, 4.69) is 84.9 Å². The van der Waals surface area contributed by atoms with Gasteiger partial charge in [0.1, 0.15) is 16.9 Å². The molecule has 2 bridgehead atoms. The lowest BCUT2D eigenvalue weighted by Gasteiger charge is -2.48. The maximum atomic E-state index is 15.0. The van der Waals surface area contributed by atoms with Crippen LogP contribution in [0.2, 0.25) is 0 Å². The Balaban J connectivity index is 1.14. The number of methoxy groups -OCH3 is 1. The van der Waals surface area contributed by atoms with E-state index in [9.17, 15) is 14.4 Å². The van der Waals surface area contributed by atoms with E-state index >= 15 is 0 Å². The predicted molar refractivity (Wildman–Crippen MR) is 244 cm³/mol. The van der Waals surface area contributed by atoms with Crippen molar-refractivity contribution >= 4 is 22.9 Å². The number of allylic oxidation sites excluding steroid dienone is 3. The molecule has 326 valence electrons. The first kappa shape index (κ1) is 42.6. The summed E-state index contributed by atoms with van der Waals surface area (Å²) in [6.45, 7) is 6.23. The number of carbonyl (C=O) groups is 2. The average molecular weight is 847 g/mol. The third kappa shape index (κ3) is 8.80. The van der Waals surface area contributed by atoms with Crippen molar-refractivity contribution in [2.75, 3.05) is 13.7 Å². The smallest absolute Gasteiger partial charge is 0.339 e. The Kier molecular flexibility index (Phi) is 12.3. The lowest BCUT2D eigenvalue weighted by Crippen LogP contribution is -2.58. The minimum Gasteiger partial charge on any atom is -0.483 e. The van der Waals surface area contributed by atoms with E-state index in [-0.39, 0.29) is 35.7 Å². The van der Waals surface area contributed by atoms with Crippen LogP contribution in [0.5, 0.6) is 5.75 Å². The number of ether oxygens (including phenoxy) is 4. The molecule has 1 aromatic heterocycles. The molecule has 0 spiro atoms. The summed E-state index contributed by atoms with van der Waals surface area (Å²) in [5, 5.41) is 0.656. The minimum atomic E-state index is -1.11. The summed E-state index contributed by atoms with van der Waals surface area (Å²) >= 11 is 0. The molecule has 4 heterocycles. The van der Waals surface area contributed by atoms with Crippen molar-refractivity contribution in [3.05, 3.63) is 170 Å². The van der Waals surface area contributed by atoms with Gasteiger partial charge in [-0.2, -0.15) is 0 Å². The highest BCUT2D eigenvalue weighted by molar-refractivity contribution is 5.90. The second-order valence-corrected chi connectivity index (χ2v) is 18.5. The van der Waals surface area contributed by atoms with Gasteiger partial charge >= 0.3 is 17.6 Å². The van der Waals surface area contributed by atoms with Gasteiger partial charge in [0, 0.05) is 54.2 Å². The highest BCUT2D eigenvalue weighted by Crippen LogP contribution is 2.52. The van der Waals surface area contributed by atoms with Crippen molar-refractivity contribution in [2.24, 2.45) is 11.8 Å². The van der Waals surface area contributed by atoms with Gasteiger partial charge in [-0.3, -0.25) is 4.79 Å². The van der Waals surface area contributed by atoms with Crippen LogP contribution in [0.3, 0.4) is 0 Å². The minimum absolute atomic E-state index is 0.0220. The van der Waals surface area contributed by atoms with E-state index in [4.69, 9.17) is 23.4 Å². The summed E-state index contributed by atoms with van der Waals surface area (Å²) < 4.78 is 32.0. The van der Waals surface area contributed by atoms with Crippen LogP contribution in [0.15, 0.2) is 130 Å². The molecule has 8 nitrogen and oxygen atoms in total. The molecular weight excluding hydrogens is 789 g/mol.